The van der Waals surface area contributed by atoms with Crippen LogP contribution in [0.5, 0.6) is 0 Å². The van der Waals surface area contributed by atoms with Crippen LogP contribution < -0.4 is 4.90 Å². The average molecular weight is 374 g/mol. The van der Waals surface area contributed by atoms with Crippen LogP contribution in [0.25, 0.3) is 11.3 Å². The van der Waals surface area contributed by atoms with Gasteiger partial charge >= 0.3 is 0 Å². The molecule has 2 heterocycles. The second kappa shape index (κ2) is 8.74. The Morgan fingerprint density at radius 2 is 1.68 bits per heavy atom. The summed E-state index contributed by atoms with van der Waals surface area (Å²) in [5, 5.41) is 7.64. The van der Waals surface area contributed by atoms with Crippen LogP contribution in [-0.2, 0) is 11.2 Å². The number of benzene rings is 2. The van der Waals surface area contributed by atoms with E-state index in [2.05, 4.69) is 45.4 Å². The molecule has 3 aromatic rings. The zero-order valence-electron chi connectivity index (χ0n) is 16.1. The fraction of sp³-hybridized carbons (Fsp3) is 0.304. The minimum atomic E-state index is 0.248. The molecule has 1 aromatic heterocycles. The molecule has 1 aliphatic rings. The first-order valence-electron chi connectivity index (χ1n) is 9.97. The van der Waals surface area contributed by atoms with E-state index < -0.39 is 0 Å². The first kappa shape index (κ1) is 18.3. The first-order valence-corrected chi connectivity index (χ1v) is 9.97. The Bertz CT molecular complexity index is 891. The van der Waals surface area contributed by atoms with E-state index in [0.29, 0.717) is 6.42 Å². The summed E-state index contributed by atoms with van der Waals surface area (Å²) in [5.74, 6) is 1.20. The van der Waals surface area contributed by atoms with Gasteiger partial charge in [0.1, 0.15) is 0 Å². The van der Waals surface area contributed by atoms with Gasteiger partial charge in [-0.1, -0.05) is 60.7 Å². The molecule has 5 nitrogen and oxygen atoms in total. The molecule has 5 heteroatoms. The molecule has 0 aliphatic carbocycles. The lowest BCUT2D eigenvalue weighted by Crippen LogP contribution is -2.35. The van der Waals surface area contributed by atoms with E-state index in [-0.39, 0.29) is 5.91 Å². The van der Waals surface area contributed by atoms with E-state index in [0.717, 1.165) is 56.1 Å². The van der Waals surface area contributed by atoms with Gasteiger partial charge in [-0.15, -0.1) is 0 Å². The first-order chi connectivity index (χ1) is 13.8. The fourth-order valence-electron chi connectivity index (χ4n) is 3.69. The van der Waals surface area contributed by atoms with Crippen LogP contribution in [0.4, 0.5) is 5.82 Å². The third-order valence-corrected chi connectivity index (χ3v) is 5.29. The molecule has 0 spiro atoms. The second-order valence-corrected chi connectivity index (χ2v) is 7.21. The number of aromatic amines is 1. The Hall–Kier alpha value is -3.08. The SMILES string of the molecule is O=C(CCc1ccccc1)N1CCCN(c2cc(-c3ccccc3)[nH]n2)CC1. The highest BCUT2D eigenvalue weighted by Gasteiger charge is 2.20. The molecule has 1 aliphatic heterocycles. The van der Waals surface area contributed by atoms with E-state index in [9.17, 15) is 4.79 Å². The number of carbonyl (C=O) groups is 1. The van der Waals surface area contributed by atoms with Gasteiger partial charge in [0.15, 0.2) is 5.82 Å². The van der Waals surface area contributed by atoms with Crippen LogP contribution >= 0.6 is 0 Å². The molecule has 1 amide bonds. The minimum absolute atomic E-state index is 0.248. The molecular weight excluding hydrogens is 348 g/mol. The number of amides is 1. The molecule has 144 valence electrons. The molecule has 0 bridgehead atoms. The van der Waals surface area contributed by atoms with Crippen molar-refractivity contribution >= 4 is 11.7 Å². The van der Waals surface area contributed by atoms with Gasteiger partial charge in [0.05, 0.1) is 5.69 Å². The van der Waals surface area contributed by atoms with Crippen LogP contribution in [-0.4, -0.2) is 47.2 Å². The number of nitrogens with zero attached hydrogens (tertiary/aromatic N) is 3. The van der Waals surface area contributed by atoms with Gasteiger partial charge in [-0.3, -0.25) is 9.89 Å². The summed E-state index contributed by atoms with van der Waals surface area (Å²) in [7, 11) is 0. The highest BCUT2D eigenvalue weighted by Crippen LogP contribution is 2.22. The lowest BCUT2D eigenvalue weighted by Gasteiger charge is -2.22. The highest BCUT2D eigenvalue weighted by atomic mass is 16.2. The third kappa shape index (κ3) is 4.42. The van der Waals surface area contributed by atoms with Gasteiger partial charge in [0.25, 0.3) is 0 Å². The minimum Gasteiger partial charge on any atom is -0.353 e. The van der Waals surface area contributed by atoms with Crippen molar-refractivity contribution < 1.29 is 4.79 Å². The van der Waals surface area contributed by atoms with Crippen molar-refractivity contribution in [3.05, 3.63) is 72.3 Å². The maximum Gasteiger partial charge on any atom is 0.222 e. The zero-order chi connectivity index (χ0) is 19.2. The Labute approximate surface area is 166 Å². The number of anilines is 1. The zero-order valence-corrected chi connectivity index (χ0v) is 16.1. The molecule has 1 saturated heterocycles. The molecule has 0 atom stereocenters. The van der Waals surface area contributed by atoms with Crippen molar-refractivity contribution in [1.29, 1.82) is 0 Å². The van der Waals surface area contributed by atoms with Crippen molar-refractivity contribution in [1.82, 2.24) is 15.1 Å². The average Bonchev–Trinajstić information content (AvgIpc) is 3.11. The molecule has 28 heavy (non-hydrogen) atoms. The maximum absolute atomic E-state index is 12.6. The van der Waals surface area contributed by atoms with Gasteiger partial charge in [-0.2, -0.15) is 5.10 Å². The smallest absolute Gasteiger partial charge is 0.222 e. The lowest BCUT2D eigenvalue weighted by atomic mass is 10.1. The number of hydrogen-bond donors (Lipinski definition) is 1. The van der Waals surface area contributed by atoms with Crippen LogP contribution in [0.2, 0.25) is 0 Å². The molecule has 0 saturated carbocycles. The van der Waals surface area contributed by atoms with Crippen molar-refractivity contribution in [3.63, 3.8) is 0 Å². The summed E-state index contributed by atoms with van der Waals surface area (Å²) in [5.41, 5.74) is 3.38. The summed E-state index contributed by atoms with van der Waals surface area (Å²) in [6, 6.07) is 22.5. The van der Waals surface area contributed by atoms with Crippen molar-refractivity contribution in [2.45, 2.75) is 19.3 Å². The predicted molar refractivity (Wildman–Crippen MR) is 112 cm³/mol. The molecule has 0 unspecified atom stereocenters. The summed E-state index contributed by atoms with van der Waals surface area (Å²) >= 11 is 0. The standard InChI is InChI=1S/C23H26N4O/c28-23(13-12-19-8-3-1-4-9-19)27-15-7-14-26(16-17-27)22-18-21(24-25-22)20-10-5-2-6-11-20/h1-6,8-11,18H,7,12-17H2,(H,24,25). The van der Waals surface area contributed by atoms with E-state index in [4.69, 9.17) is 0 Å². The predicted octanol–water partition coefficient (Wildman–Crippen LogP) is 3.75. The third-order valence-electron chi connectivity index (χ3n) is 5.29. The number of carbonyl (C=O) groups excluding carboxylic acids is 1. The van der Waals surface area contributed by atoms with Crippen LogP contribution in [0.1, 0.15) is 18.4 Å². The molecule has 1 fully saturated rings. The van der Waals surface area contributed by atoms with Crippen LogP contribution in [0.15, 0.2) is 66.7 Å². The number of hydrogen-bond acceptors (Lipinski definition) is 3. The van der Waals surface area contributed by atoms with Gasteiger partial charge in [-0.25, -0.2) is 0 Å². The summed E-state index contributed by atoms with van der Waals surface area (Å²) in [6.45, 7) is 3.30. The highest BCUT2D eigenvalue weighted by molar-refractivity contribution is 5.76. The monoisotopic (exact) mass is 374 g/mol. The quantitative estimate of drug-likeness (QED) is 0.740. The van der Waals surface area contributed by atoms with E-state index in [1.54, 1.807) is 0 Å². The van der Waals surface area contributed by atoms with E-state index in [1.165, 1.54) is 5.56 Å². The number of H-pyrrole nitrogens is 1. The number of rotatable bonds is 5. The Kier molecular flexibility index (Phi) is 5.71. The van der Waals surface area contributed by atoms with Crippen molar-refractivity contribution in [3.8, 4) is 11.3 Å². The summed E-state index contributed by atoms with van der Waals surface area (Å²) < 4.78 is 0. The van der Waals surface area contributed by atoms with Gasteiger partial charge in [0.2, 0.25) is 5.91 Å². The number of aromatic nitrogens is 2. The molecule has 1 N–H and O–H groups in total. The molecule has 0 radical (unpaired) electrons. The van der Waals surface area contributed by atoms with E-state index >= 15 is 0 Å². The fourth-order valence-corrected chi connectivity index (χ4v) is 3.69. The Balaban J connectivity index is 1.33. The van der Waals surface area contributed by atoms with Gasteiger partial charge in [0, 0.05) is 38.7 Å². The van der Waals surface area contributed by atoms with Crippen LogP contribution in [0, 0.1) is 0 Å². The Morgan fingerprint density at radius 1 is 0.929 bits per heavy atom. The number of nitrogens with one attached hydrogen (secondary N) is 1. The van der Waals surface area contributed by atoms with Crippen molar-refractivity contribution in [2.24, 2.45) is 0 Å². The van der Waals surface area contributed by atoms with Gasteiger partial charge in [-0.05, 0) is 24.0 Å². The Morgan fingerprint density at radius 3 is 2.46 bits per heavy atom. The second-order valence-electron chi connectivity index (χ2n) is 7.21. The molecule has 4 rings (SSSR count). The molecule has 2 aromatic carbocycles. The normalized spacial score (nSPS) is 14.7. The van der Waals surface area contributed by atoms with Crippen molar-refractivity contribution in [2.75, 3.05) is 31.1 Å². The van der Waals surface area contributed by atoms with Gasteiger partial charge < -0.3 is 9.80 Å². The van der Waals surface area contributed by atoms with Crippen LogP contribution in [0.3, 0.4) is 0 Å². The topological polar surface area (TPSA) is 52.2 Å². The maximum atomic E-state index is 12.6. The molecular formula is C23H26N4O. The largest absolute Gasteiger partial charge is 0.353 e. The lowest BCUT2D eigenvalue weighted by molar-refractivity contribution is -0.130. The summed E-state index contributed by atoms with van der Waals surface area (Å²) in [4.78, 5) is 16.9. The summed E-state index contributed by atoms with van der Waals surface area (Å²) in [6.07, 6.45) is 2.34. The number of aryl methyl sites for hydroxylation is 1. The van der Waals surface area contributed by atoms with E-state index in [1.807, 2.05) is 41.3 Å².